The van der Waals surface area contributed by atoms with E-state index in [1.807, 2.05) is 12.2 Å². The second-order valence-corrected chi connectivity index (χ2v) is 1.86. The second-order valence-electron chi connectivity index (χ2n) is 1.68. The standard InChI is InChI=1S/C6H8OS/c8-7-6-4-2-1-3-5-6/h2,4-5,8H,1,3H2. The van der Waals surface area contributed by atoms with Gasteiger partial charge in [-0.1, -0.05) is 6.08 Å². The summed E-state index contributed by atoms with van der Waals surface area (Å²) in [7, 11) is 0. The lowest BCUT2D eigenvalue weighted by Gasteiger charge is -2.01. The van der Waals surface area contributed by atoms with Gasteiger partial charge in [-0.25, -0.2) is 0 Å². The molecule has 1 aliphatic rings. The van der Waals surface area contributed by atoms with Crippen LogP contribution < -0.4 is 0 Å². The lowest BCUT2D eigenvalue weighted by atomic mass is 10.2. The lowest BCUT2D eigenvalue weighted by molar-refractivity contribution is 0.524. The van der Waals surface area contributed by atoms with Crippen LogP contribution in [-0.2, 0) is 4.18 Å². The summed E-state index contributed by atoms with van der Waals surface area (Å²) in [6, 6.07) is 0. The SMILES string of the molecule is SOC1=CCCC=C1. The highest BCUT2D eigenvalue weighted by molar-refractivity contribution is 7.75. The summed E-state index contributed by atoms with van der Waals surface area (Å²) < 4.78 is 4.66. The van der Waals surface area contributed by atoms with Gasteiger partial charge in [0.05, 0.1) is 0 Å². The van der Waals surface area contributed by atoms with E-state index in [0.717, 1.165) is 18.6 Å². The lowest BCUT2D eigenvalue weighted by Crippen LogP contribution is -1.81. The van der Waals surface area contributed by atoms with Crippen LogP contribution in [0.1, 0.15) is 12.8 Å². The van der Waals surface area contributed by atoms with Gasteiger partial charge in [0.2, 0.25) is 0 Å². The smallest absolute Gasteiger partial charge is 0.132 e. The molecule has 0 aromatic carbocycles. The first-order valence-corrected chi connectivity index (χ1v) is 2.98. The van der Waals surface area contributed by atoms with Crippen LogP contribution in [0.4, 0.5) is 0 Å². The van der Waals surface area contributed by atoms with Gasteiger partial charge in [0.1, 0.15) is 5.76 Å². The Hall–Kier alpha value is -0.370. The molecule has 0 unspecified atom stereocenters. The number of thiol groups is 1. The third-order valence-electron chi connectivity index (χ3n) is 1.07. The Balaban J connectivity index is 2.51. The molecule has 1 nitrogen and oxygen atoms in total. The van der Waals surface area contributed by atoms with Gasteiger partial charge in [0.25, 0.3) is 0 Å². The minimum absolute atomic E-state index is 0.861. The Kier molecular flexibility index (Phi) is 2.03. The van der Waals surface area contributed by atoms with E-state index in [0.29, 0.717) is 0 Å². The quantitative estimate of drug-likeness (QED) is 0.420. The molecule has 0 aromatic rings. The van der Waals surface area contributed by atoms with Crippen molar-refractivity contribution in [1.29, 1.82) is 0 Å². The van der Waals surface area contributed by atoms with E-state index >= 15 is 0 Å². The summed E-state index contributed by atoms with van der Waals surface area (Å²) in [6.07, 6.45) is 8.22. The normalized spacial score (nSPS) is 17.9. The highest BCUT2D eigenvalue weighted by Gasteiger charge is 1.93. The van der Waals surface area contributed by atoms with Crippen LogP contribution in [0.5, 0.6) is 0 Å². The third-order valence-corrected chi connectivity index (χ3v) is 1.28. The summed E-state index contributed by atoms with van der Waals surface area (Å²) in [5.41, 5.74) is 0. The first-order chi connectivity index (χ1) is 3.93. The first kappa shape index (κ1) is 5.76. The number of rotatable bonds is 1. The molecular weight excluding hydrogens is 120 g/mol. The third kappa shape index (κ3) is 1.30. The molecule has 0 saturated carbocycles. The molecule has 1 rings (SSSR count). The van der Waals surface area contributed by atoms with Gasteiger partial charge in [-0.05, 0) is 25.0 Å². The maximum absolute atomic E-state index is 4.66. The molecule has 0 fully saturated rings. The molecule has 0 amide bonds. The molecule has 8 heavy (non-hydrogen) atoms. The summed E-state index contributed by atoms with van der Waals surface area (Å²) >= 11 is 3.64. The number of hydrogen-bond acceptors (Lipinski definition) is 2. The molecule has 0 radical (unpaired) electrons. The predicted molar refractivity (Wildman–Crippen MR) is 36.5 cm³/mol. The minimum Gasteiger partial charge on any atom is -0.429 e. The van der Waals surface area contributed by atoms with Crippen molar-refractivity contribution in [1.82, 2.24) is 0 Å². The molecule has 44 valence electrons. The molecule has 0 heterocycles. The van der Waals surface area contributed by atoms with Gasteiger partial charge in [0.15, 0.2) is 0 Å². The maximum atomic E-state index is 4.66. The average molecular weight is 128 g/mol. The summed E-state index contributed by atoms with van der Waals surface area (Å²) in [5.74, 6) is 0.861. The minimum atomic E-state index is 0.861. The Bertz CT molecular complexity index is 126. The number of allylic oxidation sites excluding steroid dienone is 3. The van der Waals surface area contributed by atoms with Crippen LogP contribution in [0.3, 0.4) is 0 Å². The Morgan fingerprint density at radius 1 is 1.50 bits per heavy atom. The Morgan fingerprint density at radius 3 is 2.75 bits per heavy atom. The Labute approximate surface area is 54.7 Å². The second kappa shape index (κ2) is 2.82. The van der Waals surface area contributed by atoms with Crippen LogP contribution >= 0.6 is 12.9 Å². The fourth-order valence-electron chi connectivity index (χ4n) is 0.657. The molecule has 2 heteroatoms. The van der Waals surface area contributed by atoms with Crippen molar-refractivity contribution in [3.05, 3.63) is 24.0 Å². The average Bonchev–Trinajstić information content (AvgIpc) is 1.90. The van der Waals surface area contributed by atoms with E-state index in [1.165, 1.54) is 0 Å². The van der Waals surface area contributed by atoms with Crippen LogP contribution in [0.15, 0.2) is 24.0 Å². The van der Waals surface area contributed by atoms with Crippen molar-refractivity contribution in [3.63, 3.8) is 0 Å². The van der Waals surface area contributed by atoms with Crippen molar-refractivity contribution in [2.45, 2.75) is 12.8 Å². The van der Waals surface area contributed by atoms with Crippen molar-refractivity contribution < 1.29 is 4.18 Å². The topological polar surface area (TPSA) is 9.23 Å². The predicted octanol–water partition coefficient (Wildman–Crippen LogP) is 2.08. The molecular formula is C6H8OS. The zero-order valence-corrected chi connectivity index (χ0v) is 5.40. The fraction of sp³-hybridized carbons (Fsp3) is 0.333. The summed E-state index contributed by atoms with van der Waals surface area (Å²) in [4.78, 5) is 0. The van der Waals surface area contributed by atoms with Crippen LogP contribution in [0, 0.1) is 0 Å². The van der Waals surface area contributed by atoms with Gasteiger partial charge in [-0.2, -0.15) is 0 Å². The molecule has 0 spiro atoms. The monoisotopic (exact) mass is 128 g/mol. The molecule has 0 aromatic heterocycles. The highest BCUT2D eigenvalue weighted by atomic mass is 32.1. The van der Waals surface area contributed by atoms with Crippen molar-refractivity contribution >= 4 is 12.9 Å². The molecule has 1 aliphatic carbocycles. The zero-order valence-electron chi connectivity index (χ0n) is 4.50. The Morgan fingerprint density at radius 2 is 2.38 bits per heavy atom. The van der Waals surface area contributed by atoms with E-state index in [-0.39, 0.29) is 0 Å². The van der Waals surface area contributed by atoms with Crippen LogP contribution in [0.25, 0.3) is 0 Å². The van der Waals surface area contributed by atoms with Gasteiger partial charge < -0.3 is 4.18 Å². The summed E-state index contributed by atoms with van der Waals surface area (Å²) in [6.45, 7) is 0. The van der Waals surface area contributed by atoms with E-state index < -0.39 is 0 Å². The largest absolute Gasteiger partial charge is 0.429 e. The molecule has 0 atom stereocenters. The van der Waals surface area contributed by atoms with E-state index in [1.54, 1.807) is 0 Å². The van der Waals surface area contributed by atoms with Gasteiger partial charge in [-0.15, -0.1) is 0 Å². The van der Waals surface area contributed by atoms with Gasteiger partial charge in [-0.3, -0.25) is 0 Å². The first-order valence-electron chi connectivity index (χ1n) is 2.61. The number of hydrogen-bond donors (Lipinski definition) is 1. The summed E-state index contributed by atoms with van der Waals surface area (Å²) in [5, 5.41) is 0. The van der Waals surface area contributed by atoms with Gasteiger partial charge >= 0.3 is 0 Å². The van der Waals surface area contributed by atoms with Crippen molar-refractivity contribution in [3.8, 4) is 0 Å². The molecule has 0 bridgehead atoms. The van der Waals surface area contributed by atoms with Crippen molar-refractivity contribution in [2.24, 2.45) is 0 Å². The maximum Gasteiger partial charge on any atom is 0.132 e. The van der Waals surface area contributed by atoms with Gasteiger partial charge in [0, 0.05) is 12.9 Å². The van der Waals surface area contributed by atoms with E-state index in [2.05, 4.69) is 23.2 Å². The molecule has 0 saturated heterocycles. The molecule has 0 aliphatic heterocycles. The van der Waals surface area contributed by atoms with E-state index in [4.69, 9.17) is 0 Å². The zero-order chi connectivity index (χ0) is 5.82. The van der Waals surface area contributed by atoms with Crippen molar-refractivity contribution in [2.75, 3.05) is 0 Å². The molecule has 0 N–H and O–H groups in total. The van der Waals surface area contributed by atoms with Crippen LogP contribution in [-0.4, -0.2) is 0 Å². The van der Waals surface area contributed by atoms with E-state index in [9.17, 15) is 0 Å². The fourth-order valence-corrected chi connectivity index (χ4v) is 0.792. The highest BCUT2D eigenvalue weighted by Crippen LogP contribution is 2.10. The van der Waals surface area contributed by atoms with Crippen LogP contribution in [0.2, 0.25) is 0 Å².